The van der Waals surface area contributed by atoms with Crippen molar-refractivity contribution in [2.45, 2.75) is 26.7 Å². The Labute approximate surface area is 103 Å². The molecule has 0 aliphatic heterocycles. The monoisotopic (exact) mass is 257 g/mol. The van der Waals surface area contributed by atoms with Gasteiger partial charge in [-0.2, -0.15) is 0 Å². The number of hydrogen-bond acceptors (Lipinski definition) is 4. The maximum Gasteiger partial charge on any atom is 0.347 e. The maximum absolute atomic E-state index is 11.4. The molecule has 0 bridgehead atoms. The van der Waals surface area contributed by atoms with Crippen LogP contribution in [0.3, 0.4) is 0 Å². The van der Waals surface area contributed by atoms with Gasteiger partial charge in [0.05, 0.1) is 5.69 Å². The van der Waals surface area contributed by atoms with Gasteiger partial charge in [0.15, 0.2) is 5.13 Å². The van der Waals surface area contributed by atoms with Crippen LogP contribution >= 0.6 is 11.3 Å². The van der Waals surface area contributed by atoms with Gasteiger partial charge in [-0.05, 0) is 13.3 Å². The summed E-state index contributed by atoms with van der Waals surface area (Å²) in [6.07, 6.45) is 1.91. The minimum atomic E-state index is -1.03. The number of aromatic nitrogens is 1. The van der Waals surface area contributed by atoms with Crippen LogP contribution in [-0.2, 0) is 0 Å². The highest BCUT2D eigenvalue weighted by Crippen LogP contribution is 2.22. The lowest BCUT2D eigenvalue weighted by Gasteiger charge is -2.03. The molecule has 0 spiro atoms. The predicted octanol–water partition coefficient (Wildman–Crippen LogP) is 2.07. The number of rotatable bonds is 5. The number of carbonyl (C=O) groups excluding carboxylic acids is 1. The standard InChI is InChI=1S/C10H15N3O3S/c1-3-4-5-11-9(16)13-10-12-6(2)7(17-10)8(14)15/h3-5H2,1-2H3,(H,14,15)(H2,11,12,13,16). The van der Waals surface area contributed by atoms with Crippen LogP contribution < -0.4 is 10.6 Å². The van der Waals surface area contributed by atoms with Crippen molar-refractivity contribution in [3.8, 4) is 0 Å². The molecular formula is C10H15N3O3S. The number of amides is 2. The summed E-state index contributed by atoms with van der Waals surface area (Å²) in [5, 5.41) is 14.3. The van der Waals surface area contributed by atoms with Crippen molar-refractivity contribution in [3.63, 3.8) is 0 Å². The quantitative estimate of drug-likeness (QED) is 0.704. The largest absolute Gasteiger partial charge is 0.477 e. The molecule has 0 fully saturated rings. The minimum absolute atomic E-state index is 0.147. The van der Waals surface area contributed by atoms with Crippen LogP contribution in [0.5, 0.6) is 0 Å². The first-order valence-electron chi connectivity index (χ1n) is 5.30. The van der Waals surface area contributed by atoms with Crippen molar-refractivity contribution in [3.05, 3.63) is 10.6 Å². The lowest BCUT2D eigenvalue weighted by molar-refractivity contribution is 0.0701. The van der Waals surface area contributed by atoms with E-state index in [0.29, 0.717) is 17.4 Å². The third kappa shape index (κ3) is 4.03. The Hall–Kier alpha value is -1.63. The van der Waals surface area contributed by atoms with Crippen LogP contribution in [0.2, 0.25) is 0 Å². The molecule has 0 atom stereocenters. The molecule has 2 amide bonds. The van der Waals surface area contributed by atoms with Gasteiger partial charge in [0.25, 0.3) is 0 Å². The normalized spacial score (nSPS) is 10.0. The number of thiazole rings is 1. The second-order valence-corrected chi connectivity index (χ2v) is 4.47. The van der Waals surface area contributed by atoms with E-state index >= 15 is 0 Å². The second-order valence-electron chi connectivity index (χ2n) is 3.47. The molecule has 1 heterocycles. The number of nitrogens with zero attached hydrogens (tertiary/aromatic N) is 1. The van der Waals surface area contributed by atoms with E-state index < -0.39 is 5.97 Å². The summed E-state index contributed by atoms with van der Waals surface area (Å²) >= 11 is 0.953. The van der Waals surface area contributed by atoms with Crippen molar-refractivity contribution in [2.24, 2.45) is 0 Å². The zero-order chi connectivity index (χ0) is 12.8. The highest BCUT2D eigenvalue weighted by molar-refractivity contribution is 7.17. The molecule has 7 heteroatoms. The summed E-state index contributed by atoms with van der Waals surface area (Å²) < 4.78 is 0. The third-order valence-electron chi connectivity index (χ3n) is 2.03. The zero-order valence-electron chi connectivity index (χ0n) is 9.74. The Balaban J connectivity index is 2.54. The number of nitrogens with one attached hydrogen (secondary N) is 2. The molecule has 1 aromatic rings. The average Bonchev–Trinajstić information content (AvgIpc) is 2.60. The van der Waals surface area contributed by atoms with Gasteiger partial charge in [-0.25, -0.2) is 14.6 Å². The summed E-state index contributed by atoms with van der Waals surface area (Å²) in [5.41, 5.74) is 0.409. The molecule has 0 aliphatic carbocycles. The van der Waals surface area contributed by atoms with E-state index in [4.69, 9.17) is 5.11 Å². The lowest BCUT2D eigenvalue weighted by Crippen LogP contribution is -2.29. The SMILES string of the molecule is CCCCNC(=O)Nc1nc(C)c(C(=O)O)s1. The van der Waals surface area contributed by atoms with Gasteiger partial charge in [0.1, 0.15) is 4.88 Å². The molecule has 0 unspecified atom stereocenters. The topological polar surface area (TPSA) is 91.3 Å². The fourth-order valence-electron chi connectivity index (χ4n) is 1.17. The molecule has 17 heavy (non-hydrogen) atoms. The van der Waals surface area contributed by atoms with E-state index in [0.717, 1.165) is 24.2 Å². The van der Waals surface area contributed by atoms with Crippen LogP contribution in [0.15, 0.2) is 0 Å². The van der Waals surface area contributed by atoms with E-state index in [1.54, 1.807) is 6.92 Å². The third-order valence-corrected chi connectivity index (χ3v) is 3.09. The van der Waals surface area contributed by atoms with E-state index in [1.165, 1.54) is 0 Å². The lowest BCUT2D eigenvalue weighted by atomic mass is 10.3. The van der Waals surface area contributed by atoms with E-state index in [9.17, 15) is 9.59 Å². The fourth-order valence-corrected chi connectivity index (χ4v) is 1.97. The van der Waals surface area contributed by atoms with Crippen molar-refractivity contribution >= 4 is 28.5 Å². The number of anilines is 1. The number of unbranched alkanes of at least 4 members (excludes halogenated alkanes) is 1. The number of urea groups is 1. The highest BCUT2D eigenvalue weighted by atomic mass is 32.1. The number of carboxylic acid groups (broad SMARTS) is 1. The van der Waals surface area contributed by atoms with Crippen LogP contribution in [0.4, 0.5) is 9.93 Å². The number of hydrogen-bond donors (Lipinski definition) is 3. The Bertz CT molecular complexity index is 417. The van der Waals surface area contributed by atoms with Gasteiger partial charge in [-0.15, -0.1) is 0 Å². The van der Waals surface area contributed by atoms with Crippen molar-refractivity contribution < 1.29 is 14.7 Å². The molecule has 1 aromatic heterocycles. The van der Waals surface area contributed by atoms with Crippen LogP contribution in [-0.4, -0.2) is 28.6 Å². The molecular weight excluding hydrogens is 242 g/mol. The summed E-state index contributed by atoms with van der Waals surface area (Å²) in [7, 11) is 0. The summed E-state index contributed by atoms with van der Waals surface area (Å²) in [6, 6.07) is -0.357. The predicted molar refractivity (Wildman–Crippen MR) is 65.7 cm³/mol. The van der Waals surface area contributed by atoms with Gasteiger partial charge < -0.3 is 10.4 Å². The van der Waals surface area contributed by atoms with Crippen LogP contribution in [0.25, 0.3) is 0 Å². The second kappa shape index (κ2) is 6.19. The maximum atomic E-state index is 11.4. The minimum Gasteiger partial charge on any atom is -0.477 e. The van der Waals surface area contributed by atoms with Crippen LogP contribution in [0, 0.1) is 6.92 Å². The zero-order valence-corrected chi connectivity index (χ0v) is 10.6. The number of aryl methyl sites for hydroxylation is 1. The molecule has 0 aliphatic rings. The Kier molecular flexibility index (Phi) is 4.89. The van der Waals surface area contributed by atoms with E-state index in [2.05, 4.69) is 15.6 Å². The smallest absolute Gasteiger partial charge is 0.347 e. The Morgan fingerprint density at radius 1 is 1.47 bits per heavy atom. The van der Waals surface area contributed by atoms with Gasteiger partial charge >= 0.3 is 12.0 Å². The first-order chi connectivity index (χ1) is 8.04. The summed E-state index contributed by atoms with van der Waals surface area (Å²) in [6.45, 7) is 4.22. The molecule has 0 radical (unpaired) electrons. The number of carbonyl (C=O) groups is 2. The van der Waals surface area contributed by atoms with Crippen molar-refractivity contribution in [2.75, 3.05) is 11.9 Å². The molecule has 94 valence electrons. The van der Waals surface area contributed by atoms with Gasteiger partial charge in [0, 0.05) is 6.54 Å². The highest BCUT2D eigenvalue weighted by Gasteiger charge is 2.14. The first kappa shape index (κ1) is 13.4. The van der Waals surface area contributed by atoms with Crippen LogP contribution in [0.1, 0.15) is 35.1 Å². The average molecular weight is 257 g/mol. The molecule has 3 N–H and O–H groups in total. The molecule has 6 nitrogen and oxygen atoms in total. The van der Waals surface area contributed by atoms with Crippen molar-refractivity contribution in [1.82, 2.24) is 10.3 Å². The fraction of sp³-hybridized carbons (Fsp3) is 0.500. The molecule has 0 saturated carbocycles. The first-order valence-corrected chi connectivity index (χ1v) is 6.11. The number of carboxylic acids is 1. The number of aromatic carboxylic acids is 1. The van der Waals surface area contributed by atoms with E-state index in [-0.39, 0.29) is 10.9 Å². The molecule has 0 aromatic carbocycles. The Morgan fingerprint density at radius 2 is 2.18 bits per heavy atom. The summed E-state index contributed by atoms with van der Waals surface area (Å²) in [4.78, 5) is 26.3. The van der Waals surface area contributed by atoms with Crippen molar-refractivity contribution in [1.29, 1.82) is 0 Å². The van der Waals surface area contributed by atoms with E-state index in [1.807, 2.05) is 6.92 Å². The Morgan fingerprint density at radius 3 is 2.71 bits per heavy atom. The van der Waals surface area contributed by atoms with Gasteiger partial charge in [-0.1, -0.05) is 24.7 Å². The molecule has 1 rings (SSSR count). The van der Waals surface area contributed by atoms with Gasteiger partial charge in [0.2, 0.25) is 0 Å². The van der Waals surface area contributed by atoms with Gasteiger partial charge in [-0.3, -0.25) is 5.32 Å². The summed E-state index contributed by atoms with van der Waals surface area (Å²) in [5.74, 6) is -1.03. The molecule has 0 saturated heterocycles.